The van der Waals surface area contributed by atoms with E-state index in [-0.39, 0.29) is 12.5 Å². The Bertz CT molecular complexity index is 1440. The van der Waals surface area contributed by atoms with Crippen LogP contribution in [-0.2, 0) is 11.3 Å². The minimum atomic E-state index is -0.454. The number of thiophene rings is 1. The lowest BCUT2D eigenvalue weighted by molar-refractivity contribution is 0.0529. The van der Waals surface area contributed by atoms with Crippen molar-refractivity contribution in [1.82, 2.24) is 4.57 Å². The third-order valence-corrected chi connectivity index (χ3v) is 7.60. The molecule has 4 aromatic rings. The normalized spacial score (nSPS) is 11.1. The van der Waals surface area contributed by atoms with Gasteiger partial charge in [-0.15, -0.1) is 11.3 Å². The van der Waals surface area contributed by atoms with Crippen LogP contribution in [0.25, 0.3) is 22.0 Å². The summed E-state index contributed by atoms with van der Waals surface area (Å²) in [5.74, 6) is 0.0489. The van der Waals surface area contributed by atoms with Crippen LogP contribution in [0.2, 0.25) is 0 Å². The van der Waals surface area contributed by atoms with Crippen LogP contribution < -0.4 is 10.1 Å². The van der Waals surface area contributed by atoms with Crippen molar-refractivity contribution in [3.05, 3.63) is 68.6 Å². The van der Waals surface area contributed by atoms with E-state index in [4.69, 9.17) is 9.47 Å². The smallest absolute Gasteiger partial charge is 0.341 e. The molecule has 2 aromatic carbocycles. The third kappa shape index (κ3) is 4.80. The lowest BCUT2D eigenvalue weighted by Gasteiger charge is -2.11. The Hall–Kier alpha value is -3.10. The molecule has 8 heteroatoms. The number of hydrogen-bond donors (Lipinski definition) is 1. The summed E-state index contributed by atoms with van der Waals surface area (Å²) >= 11 is 4.84. The van der Waals surface area contributed by atoms with Crippen LogP contribution in [-0.4, -0.2) is 29.7 Å². The number of hydrogen-bond acceptors (Lipinski definition) is 5. The fraction of sp³-hybridized carbons (Fsp3) is 0.286. The highest BCUT2D eigenvalue weighted by Crippen LogP contribution is 2.41. The summed E-state index contributed by atoms with van der Waals surface area (Å²) in [7, 11) is 0. The molecule has 0 spiro atoms. The molecule has 0 unspecified atom stereocenters. The van der Waals surface area contributed by atoms with Gasteiger partial charge in [0.2, 0.25) is 0 Å². The van der Waals surface area contributed by atoms with Gasteiger partial charge in [0.05, 0.1) is 13.2 Å². The number of amides is 1. The Morgan fingerprint density at radius 1 is 1.03 bits per heavy atom. The van der Waals surface area contributed by atoms with Gasteiger partial charge in [-0.1, -0.05) is 28.1 Å². The minimum absolute atomic E-state index is 0.242. The van der Waals surface area contributed by atoms with Gasteiger partial charge in [0.1, 0.15) is 22.0 Å². The number of rotatable bonds is 8. The second-order valence-corrected chi connectivity index (χ2v) is 10.4. The first-order valence-electron chi connectivity index (χ1n) is 11.9. The number of nitrogens with zero attached hydrogens (tertiary/aromatic N) is 1. The molecule has 0 aliphatic rings. The van der Waals surface area contributed by atoms with Crippen molar-refractivity contribution in [2.75, 3.05) is 18.5 Å². The Morgan fingerprint density at radius 2 is 1.75 bits per heavy atom. The van der Waals surface area contributed by atoms with E-state index in [0.717, 1.165) is 42.7 Å². The number of halogens is 1. The second-order valence-electron chi connectivity index (χ2n) is 8.25. The highest BCUT2D eigenvalue weighted by Gasteiger charge is 2.27. The molecule has 4 rings (SSSR count). The Morgan fingerprint density at radius 3 is 2.39 bits per heavy atom. The van der Waals surface area contributed by atoms with Crippen LogP contribution >= 0.6 is 27.3 Å². The van der Waals surface area contributed by atoms with Gasteiger partial charge in [0.15, 0.2) is 0 Å². The molecule has 0 saturated carbocycles. The van der Waals surface area contributed by atoms with Gasteiger partial charge in [0, 0.05) is 32.4 Å². The summed E-state index contributed by atoms with van der Waals surface area (Å²) < 4.78 is 14.0. The van der Waals surface area contributed by atoms with Crippen molar-refractivity contribution >= 4 is 55.0 Å². The zero-order chi connectivity index (χ0) is 26.0. The molecule has 0 atom stereocenters. The first kappa shape index (κ1) is 26.0. The topological polar surface area (TPSA) is 69.6 Å². The van der Waals surface area contributed by atoms with Gasteiger partial charge < -0.3 is 19.4 Å². The predicted octanol–water partition coefficient (Wildman–Crippen LogP) is 7.60. The van der Waals surface area contributed by atoms with E-state index < -0.39 is 5.97 Å². The van der Waals surface area contributed by atoms with Crippen molar-refractivity contribution < 1.29 is 19.1 Å². The molecule has 0 aliphatic heterocycles. The van der Waals surface area contributed by atoms with E-state index >= 15 is 0 Å². The molecule has 2 aromatic heterocycles. The van der Waals surface area contributed by atoms with E-state index in [1.54, 1.807) is 6.92 Å². The van der Waals surface area contributed by atoms with Crippen LogP contribution in [0.4, 0.5) is 5.00 Å². The van der Waals surface area contributed by atoms with Crippen LogP contribution in [0, 0.1) is 13.8 Å². The van der Waals surface area contributed by atoms with Crippen LogP contribution in [0.1, 0.15) is 52.1 Å². The molecule has 6 nitrogen and oxygen atoms in total. The maximum atomic E-state index is 13.7. The lowest BCUT2D eigenvalue weighted by Crippen LogP contribution is -2.19. The Labute approximate surface area is 223 Å². The highest BCUT2D eigenvalue weighted by molar-refractivity contribution is 9.10. The number of nitrogens with one attached hydrogen (secondary N) is 1. The van der Waals surface area contributed by atoms with Crippen molar-refractivity contribution in [3.63, 3.8) is 0 Å². The van der Waals surface area contributed by atoms with Gasteiger partial charge in [-0.25, -0.2) is 4.79 Å². The number of fused-ring (bicyclic) bond motifs is 1. The zero-order valence-corrected chi connectivity index (χ0v) is 23.4. The predicted molar refractivity (Wildman–Crippen MR) is 150 cm³/mol. The summed E-state index contributed by atoms with van der Waals surface area (Å²) in [5.41, 5.74) is 4.43. The fourth-order valence-corrected chi connectivity index (χ4v) is 5.86. The van der Waals surface area contributed by atoms with Crippen LogP contribution in [0.5, 0.6) is 5.75 Å². The fourth-order valence-electron chi connectivity index (χ4n) is 4.54. The average Bonchev–Trinajstić information content (AvgIpc) is 3.33. The van der Waals surface area contributed by atoms with Crippen molar-refractivity contribution in [2.45, 2.75) is 41.2 Å². The molecule has 36 heavy (non-hydrogen) atoms. The molecule has 1 N–H and O–H groups in total. The van der Waals surface area contributed by atoms with Crippen LogP contribution in [0.3, 0.4) is 0 Å². The maximum absolute atomic E-state index is 13.7. The van der Waals surface area contributed by atoms with Gasteiger partial charge in [-0.2, -0.15) is 0 Å². The number of carbonyl (C=O) groups excluding carboxylic acids is 2. The van der Waals surface area contributed by atoms with E-state index in [2.05, 4.69) is 21.2 Å². The minimum Gasteiger partial charge on any atom is -0.494 e. The van der Waals surface area contributed by atoms with Crippen molar-refractivity contribution in [2.24, 2.45) is 0 Å². The summed E-state index contributed by atoms with van der Waals surface area (Å²) in [6, 6.07) is 13.6. The molecule has 0 aliphatic carbocycles. The maximum Gasteiger partial charge on any atom is 0.341 e. The summed E-state index contributed by atoms with van der Waals surface area (Å²) in [6.45, 7) is 11.1. The Kier molecular flexibility index (Phi) is 7.85. The molecule has 2 heterocycles. The summed E-state index contributed by atoms with van der Waals surface area (Å²) in [6.07, 6.45) is 0. The van der Waals surface area contributed by atoms with Gasteiger partial charge in [-0.05, 0) is 76.1 Å². The SMILES string of the molecule is CCOC(=O)c1c(NC(=O)c2c(C)c3cc(OCC)ccc3n2CC)sc(C)c1-c1ccc(Br)cc1. The van der Waals surface area contributed by atoms with Gasteiger partial charge in [0.25, 0.3) is 5.91 Å². The standard InChI is InChI=1S/C28H29BrN2O4S/c1-6-31-22-14-13-20(34-7-2)15-21(22)16(4)25(31)26(32)30-27-24(28(33)35-8-3)23(17(5)36-27)18-9-11-19(29)12-10-18/h9-15H,6-8H2,1-5H3,(H,30,32). The number of aryl methyl sites for hydroxylation is 3. The molecule has 188 valence electrons. The molecule has 0 radical (unpaired) electrons. The molecule has 1 amide bonds. The number of ether oxygens (including phenoxy) is 2. The number of anilines is 1. The number of benzene rings is 2. The van der Waals surface area contributed by atoms with Gasteiger partial charge >= 0.3 is 5.97 Å². The number of carbonyl (C=O) groups is 2. The first-order chi connectivity index (χ1) is 17.3. The summed E-state index contributed by atoms with van der Waals surface area (Å²) in [5, 5.41) is 4.49. The van der Waals surface area contributed by atoms with E-state index in [1.807, 2.05) is 74.7 Å². The number of aromatic nitrogens is 1. The Balaban J connectivity index is 1.80. The largest absolute Gasteiger partial charge is 0.494 e. The van der Waals surface area contributed by atoms with Crippen molar-refractivity contribution in [1.29, 1.82) is 0 Å². The molecular weight excluding hydrogens is 540 g/mol. The molecule has 0 fully saturated rings. The molecular formula is C28H29BrN2O4S. The van der Waals surface area contributed by atoms with Crippen LogP contribution in [0.15, 0.2) is 46.9 Å². The molecule has 0 saturated heterocycles. The van der Waals surface area contributed by atoms with E-state index in [9.17, 15) is 9.59 Å². The molecule has 0 bridgehead atoms. The second kappa shape index (κ2) is 10.9. The first-order valence-corrected chi connectivity index (χ1v) is 13.5. The van der Waals surface area contributed by atoms with E-state index in [0.29, 0.717) is 29.4 Å². The van der Waals surface area contributed by atoms with Gasteiger partial charge in [-0.3, -0.25) is 4.79 Å². The lowest BCUT2D eigenvalue weighted by atomic mass is 10.0. The third-order valence-electron chi connectivity index (χ3n) is 6.05. The van der Waals surface area contributed by atoms with Crippen molar-refractivity contribution in [3.8, 4) is 16.9 Å². The van der Waals surface area contributed by atoms with E-state index in [1.165, 1.54) is 11.3 Å². The number of esters is 1. The monoisotopic (exact) mass is 568 g/mol. The zero-order valence-electron chi connectivity index (χ0n) is 21.0. The quantitative estimate of drug-likeness (QED) is 0.222. The highest BCUT2D eigenvalue weighted by atomic mass is 79.9. The summed E-state index contributed by atoms with van der Waals surface area (Å²) in [4.78, 5) is 27.7. The average molecular weight is 570 g/mol.